The van der Waals surface area contributed by atoms with Gasteiger partial charge in [0, 0.05) is 52.1 Å². The van der Waals surface area contributed by atoms with Crippen molar-refractivity contribution < 1.29 is 33.4 Å². The molecular weight excluding hydrogens is 805 g/mol. The lowest BCUT2D eigenvalue weighted by Gasteiger charge is -2.28. The fourth-order valence-corrected chi connectivity index (χ4v) is 7.11. The number of carbonyl (C=O) groups excluding carboxylic acids is 5. The quantitative estimate of drug-likeness (QED) is 0.0644. The summed E-state index contributed by atoms with van der Waals surface area (Å²) in [6.45, 7) is 13.2. The minimum absolute atomic E-state index is 0.127. The summed E-state index contributed by atoms with van der Waals surface area (Å²) in [6.07, 6.45) is 3.70. The van der Waals surface area contributed by atoms with E-state index in [0.29, 0.717) is 64.7 Å². The van der Waals surface area contributed by atoms with Crippen molar-refractivity contribution in [3.8, 4) is 0 Å². The minimum atomic E-state index is -0.623. The van der Waals surface area contributed by atoms with Crippen LogP contribution in [0.15, 0.2) is 121 Å². The molecule has 0 atom stereocenters. The van der Waals surface area contributed by atoms with Gasteiger partial charge >= 0.3 is 12.2 Å². The number of benzene rings is 4. The van der Waals surface area contributed by atoms with E-state index in [-0.39, 0.29) is 68.8 Å². The predicted octanol–water partition coefficient (Wildman–Crippen LogP) is 10.6. The number of unbranched alkanes of at least 4 members (excludes halogenated alkanes) is 4. The molecule has 0 N–H and O–H groups in total. The predicted molar refractivity (Wildman–Crippen MR) is 252 cm³/mol. The highest BCUT2D eigenvalue weighted by molar-refractivity contribution is 5.90. The number of Topliss-reactive ketones (excluding diaryl/α,β-unsaturated/α-hetero) is 1. The highest BCUT2D eigenvalue weighted by Gasteiger charge is 2.25. The van der Waals surface area contributed by atoms with Crippen molar-refractivity contribution in [3.05, 3.63) is 144 Å². The number of hydrogen-bond acceptors (Lipinski definition) is 7. The normalized spacial score (nSPS) is 11.3. The smallest absolute Gasteiger partial charge is 0.410 e. The average Bonchev–Trinajstić information content (AvgIpc) is 3.25. The number of nitrogens with zero attached hydrogens (tertiary/aromatic N) is 4. The minimum Gasteiger partial charge on any atom is -0.444 e. The van der Waals surface area contributed by atoms with Crippen LogP contribution in [0.3, 0.4) is 0 Å². The van der Waals surface area contributed by atoms with Crippen LogP contribution in [0.25, 0.3) is 0 Å². The first kappa shape index (κ1) is 50.7. The molecule has 0 fully saturated rings. The van der Waals surface area contributed by atoms with Gasteiger partial charge in [0.15, 0.2) is 5.78 Å². The van der Waals surface area contributed by atoms with E-state index < -0.39 is 11.2 Å². The van der Waals surface area contributed by atoms with E-state index in [1.807, 2.05) is 163 Å². The van der Waals surface area contributed by atoms with E-state index >= 15 is 0 Å². The van der Waals surface area contributed by atoms with E-state index in [0.717, 1.165) is 22.3 Å². The number of hydrogen-bond donors (Lipinski definition) is 0. The first-order valence-corrected chi connectivity index (χ1v) is 22.7. The third-order valence-electron chi connectivity index (χ3n) is 10.2. The van der Waals surface area contributed by atoms with E-state index in [9.17, 15) is 24.0 Å². The van der Waals surface area contributed by atoms with Crippen LogP contribution in [0.2, 0.25) is 0 Å². The van der Waals surface area contributed by atoms with Gasteiger partial charge in [-0.3, -0.25) is 14.4 Å². The number of ether oxygens (including phenoxy) is 2. The fraction of sp³-hybridized carbons (Fsp3) is 0.453. The second-order valence-electron chi connectivity index (χ2n) is 18.4. The van der Waals surface area contributed by atoms with Crippen LogP contribution >= 0.6 is 0 Å². The van der Waals surface area contributed by atoms with Crippen LogP contribution in [-0.4, -0.2) is 86.8 Å². The molecule has 0 aliphatic rings. The lowest BCUT2D eigenvalue weighted by Crippen LogP contribution is -2.41. The molecule has 11 heteroatoms. The van der Waals surface area contributed by atoms with Crippen LogP contribution in [0.5, 0.6) is 0 Å². The van der Waals surface area contributed by atoms with Crippen LogP contribution in [0, 0.1) is 0 Å². The summed E-state index contributed by atoms with van der Waals surface area (Å²) in [7, 11) is 0. The molecule has 64 heavy (non-hydrogen) atoms. The molecular formula is C53H70N4O7. The van der Waals surface area contributed by atoms with E-state index in [4.69, 9.17) is 9.47 Å². The molecule has 4 aromatic rings. The molecule has 4 rings (SSSR count). The van der Waals surface area contributed by atoms with Crippen molar-refractivity contribution in [3.63, 3.8) is 0 Å². The molecule has 0 spiro atoms. The van der Waals surface area contributed by atoms with E-state index in [1.54, 1.807) is 19.6 Å². The van der Waals surface area contributed by atoms with Crippen molar-refractivity contribution in [2.45, 2.75) is 130 Å². The summed E-state index contributed by atoms with van der Waals surface area (Å²) in [5.41, 5.74) is 2.58. The zero-order valence-corrected chi connectivity index (χ0v) is 39.0. The van der Waals surface area contributed by atoms with Crippen LogP contribution < -0.4 is 0 Å². The Balaban J connectivity index is 1.34. The zero-order valence-electron chi connectivity index (χ0n) is 39.0. The maximum Gasteiger partial charge on any atom is 0.410 e. The van der Waals surface area contributed by atoms with Gasteiger partial charge in [-0.15, -0.1) is 0 Å². The van der Waals surface area contributed by atoms with Gasteiger partial charge in [0.2, 0.25) is 11.8 Å². The highest BCUT2D eigenvalue weighted by atomic mass is 16.6. The maximum absolute atomic E-state index is 13.9. The van der Waals surface area contributed by atoms with E-state index in [2.05, 4.69) is 0 Å². The lowest BCUT2D eigenvalue weighted by atomic mass is 10.1. The van der Waals surface area contributed by atoms with E-state index in [1.165, 1.54) is 0 Å². The van der Waals surface area contributed by atoms with Crippen LogP contribution in [-0.2, 0) is 50.0 Å². The Hall–Kier alpha value is -5.97. The number of rotatable bonds is 24. The molecule has 0 radical (unpaired) electrons. The molecule has 0 heterocycles. The Morgan fingerprint density at radius 3 is 0.953 bits per heavy atom. The molecule has 4 aromatic carbocycles. The summed E-state index contributed by atoms with van der Waals surface area (Å²) >= 11 is 0. The van der Waals surface area contributed by atoms with Gasteiger partial charge in [-0.1, -0.05) is 134 Å². The van der Waals surface area contributed by atoms with Gasteiger partial charge < -0.3 is 29.1 Å². The third-order valence-corrected chi connectivity index (χ3v) is 10.2. The van der Waals surface area contributed by atoms with Crippen molar-refractivity contribution in [2.24, 2.45) is 0 Å². The molecule has 0 saturated heterocycles. The monoisotopic (exact) mass is 875 g/mol. The Morgan fingerprint density at radius 1 is 0.391 bits per heavy atom. The molecule has 0 aliphatic heterocycles. The molecule has 0 saturated carbocycles. The van der Waals surface area contributed by atoms with Crippen molar-refractivity contribution in [2.75, 3.05) is 26.2 Å². The van der Waals surface area contributed by atoms with Gasteiger partial charge in [0.25, 0.3) is 0 Å². The first-order chi connectivity index (χ1) is 30.5. The summed E-state index contributed by atoms with van der Waals surface area (Å²) in [4.78, 5) is 74.4. The Labute approximate surface area is 381 Å². The molecule has 0 unspecified atom stereocenters. The van der Waals surface area contributed by atoms with Crippen LogP contribution in [0.1, 0.15) is 115 Å². The average molecular weight is 875 g/mol. The third kappa shape index (κ3) is 20.0. The fourth-order valence-electron chi connectivity index (χ4n) is 7.11. The Kier molecular flexibility index (Phi) is 20.6. The molecule has 4 amide bonds. The SMILES string of the molecule is CC(C)(C)OC(=O)N(CCCCCC(=O)N(CC(=O)CN(Cc1ccccc1)C(=O)CCCCCN(Cc1ccccc1)C(=O)OC(C)(C)C)Cc1ccccc1)Cc1ccccc1. The number of carbonyl (C=O) groups is 5. The molecule has 0 bridgehead atoms. The van der Waals surface area contributed by atoms with Crippen molar-refractivity contribution in [1.82, 2.24) is 19.6 Å². The summed E-state index contributed by atoms with van der Waals surface area (Å²) < 4.78 is 11.4. The van der Waals surface area contributed by atoms with Crippen molar-refractivity contribution in [1.29, 1.82) is 0 Å². The number of ketones is 1. The van der Waals surface area contributed by atoms with Gasteiger partial charge in [0.1, 0.15) is 11.2 Å². The van der Waals surface area contributed by atoms with Crippen molar-refractivity contribution >= 4 is 29.8 Å². The summed E-state index contributed by atoms with van der Waals surface area (Å²) in [6, 6.07) is 38.8. The second-order valence-corrected chi connectivity index (χ2v) is 18.4. The van der Waals surface area contributed by atoms with Gasteiger partial charge in [0.05, 0.1) is 13.1 Å². The lowest BCUT2D eigenvalue weighted by molar-refractivity contribution is -0.139. The second kappa shape index (κ2) is 26.0. The highest BCUT2D eigenvalue weighted by Crippen LogP contribution is 2.18. The maximum atomic E-state index is 13.9. The molecule has 11 nitrogen and oxygen atoms in total. The standard InChI is InChI=1S/C53H70N4O7/c1-52(2,3)63-50(61)54(37-43-25-13-7-14-26-43)35-23-11-21-33-48(59)56(39-45-29-17-9-18-30-45)41-47(58)42-57(40-46-31-19-10-20-32-46)49(60)34-22-12-24-36-55(51(62)64-53(4,5)6)38-44-27-15-8-16-28-44/h7-10,13-20,25-32H,11-12,21-24,33-42H2,1-6H3. The zero-order chi connectivity index (χ0) is 46.4. The Morgan fingerprint density at radius 2 is 0.672 bits per heavy atom. The largest absolute Gasteiger partial charge is 0.444 e. The van der Waals surface area contributed by atoms with Gasteiger partial charge in [-0.25, -0.2) is 9.59 Å². The number of amides is 4. The molecule has 344 valence electrons. The molecule has 0 aliphatic carbocycles. The summed E-state index contributed by atoms with van der Waals surface area (Å²) in [5, 5.41) is 0. The van der Waals surface area contributed by atoms with Gasteiger partial charge in [-0.05, 0) is 89.5 Å². The van der Waals surface area contributed by atoms with Crippen LogP contribution in [0.4, 0.5) is 9.59 Å². The summed E-state index contributed by atoms with van der Waals surface area (Å²) in [5.74, 6) is -0.505. The Bertz CT molecular complexity index is 1870. The van der Waals surface area contributed by atoms with Gasteiger partial charge in [-0.2, -0.15) is 0 Å². The topological polar surface area (TPSA) is 117 Å². The first-order valence-electron chi connectivity index (χ1n) is 22.7. The molecule has 0 aromatic heterocycles.